The maximum Gasteiger partial charge on any atom is 0.254 e. The summed E-state index contributed by atoms with van der Waals surface area (Å²) in [6.07, 6.45) is -1.72. The number of carbonyl (C=O) groups is 1. The van der Waals surface area contributed by atoms with Crippen molar-refractivity contribution in [1.29, 1.82) is 0 Å². The van der Waals surface area contributed by atoms with E-state index in [1.165, 1.54) is 4.90 Å². The summed E-state index contributed by atoms with van der Waals surface area (Å²) in [6, 6.07) is 5.08. The van der Waals surface area contributed by atoms with E-state index in [-0.39, 0.29) is 19.0 Å². The molecule has 1 amide bonds. The Kier molecular flexibility index (Phi) is 3.38. The van der Waals surface area contributed by atoms with Gasteiger partial charge in [-0.1, -0.05) is 17.7 Å². The molecule has 1 aromatic carbocycles. The zero-order valence-corrected chi connectivity index (χ0v) is 10.2. The number of amides is 1. The number of benzene rings is 1. The quantitative estimate of drug-likeness (QED) is 0.781. The number of hydrogen-bond donors (Lipinski definition) is 2. The maximum atomic E-state index is 12.0. The minimum Gasteiger partial charge on any atom is -0.388 e. The number of rotatable bonds is 1. The lowest BCUT2D eigenvalue weighted by Crippen LogP contribution is -2.29. The van der Waals surface area contributed by atoms with Gasteiger partial charge in [0.25, 0.3) is 5.91 Å². The first-order valence-electron chi connectivity index (χ1n) is 5.40. The molecule has 4 nitrogen and oxygen atoms in total. The van der Waals surface area contributed by atoms with Gasteiger partial charge in [0, 0.05) is 23.7 Å². The van der Waals surface area contributed by atoms with Crippen molar-refractivity contribution in [2.45, 2.75) is 19.1 Å². The standard InChI is InChI=1S/C12H14ClNO3/c1-7-2-3-8(4-9(7)13)12(17)14-5-10(15)11(16)6-14/h2-4,10-11,15-16H,5-6H2,1H3/t10-,11+. The molecule has 0 bridgehead atoms. The lowest BCUT2D eigenvalue weighted by atomic mass is 10.1. The Morgan fingerprint density at radius 3 is 2.47 bits per heavy atom. The first-order chi connectivity index (χ1) is 7.99. The van der Waals surface area contributed by atoms with E-state index in [0.29, 0.717) is 10.6 Å². The molecule has 2 N–H and O–H groups in total. The van der Waals surface area contributed by atoms with Gasteiger partial charge >= 0.3 is 0 Å². The molecule has 0 saturated carbocycles. The lowest BCUT2D eigenvalue weighted by Gasteiger charge is -2.15. The fraction of sp³-hybridized carbons (Fsp3) is 0.417. The topological polar surface area (TPSA) is 60.8 Å². The molecule has 1 fully saturated rings. The number of halogens is 1. The van der Waals surface area contributed by atoms with Crippen molar-refractivity contribution in [3.8, 4) is 0 Å². The highest BCUT2D eigenvalue weighted by Gasteiger charge is 2.32. The van der Waals surface area contributed by atoms with Crippen LogP contribution in [0, 0.1) is 6.92 Å². The molecule has 17 heavy (non-hydrogen) atoms. The molecule has 2 atom stereocenters. The van der Waals surface area contributed by atoms with Crippen LogP contribution >= 0.6 is 11.6 Å². The van der Waals surface area contributed by atoms with Gasteiger partial charge in [0.05, 0.1) is 12.2 Å². The minimum absolute atomic E-state index is 0.158. The largest absolute Gasteiger partial charge is 0.388 e. The van der Waals surface area contributed by atoms with E-state index in [1.54, 1.807) is 18.2 Å². The van der Waals surface area contributed by atoms with Gasteiger partial charge in [-0.05, 0) is 24.6 Å². The van der Waals surface area contributed by atoms with Crippen LogP contribution in [0.3, 0.4) is 0 Å². The second-order valence-corrected chi connectivity index (χ2v) is 4.72. The number of aliphatic hydroxyl groups excluding tert-OH is 2. The van der Waals surface area contributed by atoms with Crippen molar-refractivity contribution in [2.75, 3.05) is 13.1 Å². The first kappa shape index (κ1) is 12.4. The Morgan fingerprint density at radius 2 is 1.94 bits per heavy atom. The smallest absolute Gasteiger partial charge is 0.254 e. The molecule has 1 aliphatic rings. The van der Waals surface area contributed by atoms with Crippen LogP contribution in [0.15, 0.2) is 18.2 Å². The Hall–Kier alpha value is -1.10. The zero-order chi connectivity index (χ0) is 12.6. The number of likely N-dealkylation sites (tertiary alicyclic amines) is 1. The van der Waals surface area contributed by atoms with Crippen LogP contribution in [0.5, 0.6) is 0 Å². The summed E-state index contributed by atoms with van der Waals surface area (Å²) in [4.78, 5) is 13.5. The number of aryl methyl sites for hydroxylation is 1. The van der Waals surface area contributed by atoms with E-state index in [0.717, 1.165) is 5.56 Å². The number of nitrogens with zero attached hydrogens (tertiary/aromatic N) is 1. The number of hydrogen-bond acceptors (Lipinski definition) is 3. The van der Waals surface area contributed by atoms with Crippen molar-refractivity contribution in [2.24, 2.45) is 0 Å². The second kappa shape index (κ2) is 4.64. The van der Waals surface area contributed by atoms with E-state index in [2.05, 4.69) is 0 Å². The Labute approximate surface area is 104 Å². The van der Waals surface area contributed by atoms with Crippen LogP contribution in [-0.2, 0) is 0 Å². The molecular weight excluding hydrogens is 242 g/mol. The summed E-state index contributed by atoms with van der Waals surface area (Å²) >= 11 is 5.95. The molecule has 1 saturated heterocycles. The van der Waals surface area contributed by atoms with Crippen LogP contribution in [0.1, 0.15) is 15.9 Å². The molecule has 2 rings (SSSR count). The molecule has 0 spiro atoms. The van der Waals surface area contributed by atoms with Crippen LogP contribution < -0.4 is 0 Å². The van der Waals surface area contributed by atoms with E-state index < -0.39 is 12.2 Å². The van der Waals surface area contributed by atoms with E-state index in [9.17, 15) is 15.0 Å². The average molecular weight is 256 g/mol. The second-order valence-electron chi connectivity index (χ2n) is 4.31. The van der Waals surface area contributed by atoms with Gasteiger partial charge in [-0.2, -0.15) is 0 Å². The van der Waals surface area contributed by atoms with Gasteiger partial charge in [-0.3, -0.25) is 4.79 Å². The zero-order valence-electron chi connectivity index (χ0n) is 9.43. The summed E-state index contributed by atoms with van der Waals surface area (Å²) in [7, 11) is 0. The Balaban J connectivity index is 2.17. The van der Waals surface area contributed by atoms with Gasteiger partial charge in [0.1, 0.15) is 0 Å². The summed E-state index contributed by atoms with van der Waals surface area (Å²) in [5.41, 5.74) is 1.38. The lowest BCUT2D eigenvalue weighted by molar-refractivity contribution is 0.0572. The molecule has 92 valence electrons. The molecule has 5 heteroatoms. The van der Waals surface area contributed by atoms with E-state index in [4.69, 9.17) is 11.6 Å². The van der Waals surface area contributed by atoms with Gasteiger partial charge < -0.3 is 15.1 Å². The third kappa shape index (κ3) is 2.44. The Bertz CT molecular complexity index is 439. The van der Waals surface area contributed by atoms with Crippen LogP contribution in [0.2, 0.25) is 5.02 Å². The number of aliphatic hydroxyl groups is 2. The summed E-state index contributed by atoms with van der Waals surface area (Å²) in [5.74, 6) is -0.220. The van der Waals surface area contributed by atoms with Gasteiger partial charge in [-0.25, -0.2) is 0 Å². The van der Waals surface area contributed by atoms with E-state index >= 15 is 0 Å². The molecule has 1 heterocycles. The predicted octanol–water partition coefficient (Wildman–Crippen LogP) is 0.826. The third-order valence-electron chi connectivity index (χ3n) is 2.97. The van der Waals surface area contributed by atoms with Crippen LogP contribution in [0.25, 0.3) is 0 Å². The van der Waals surface area contributed by atoms with E-state index in [1.807, 2.05) is 6.92 Å². The highest BCUT2D eigenvalue weighted by atomic mass is 35.5. The summed E-state index contributed by atoms with van der Waals surface area (Å²) in [5, 5.41) is 19.3. The molecule has 1 aliphatic heterocycles. The summed E-state index contributed by atoms with van der Waals surface area (Å²) < 4.78 is 0. The van der Waals surface area contributed by atoms with Crippen LogP contribution in [0.4, 0.5) is 0 Å². The molecule has 0 unspecified atom stereocenters. The highest BCUT2D eigenvalue weighted by molar-refractivity contribution is 6.31. The van der Waals surface area contributed by atoms with Crippen molar-refractivity contribution in [3.63, 3.8) is 0 Å². The highest BCUT2D eigenvalue weighted by Crippen LogP contribution is 2.20. The minimum atomic E-state index is -0.861. The molecule has 1 aromatic rings. The molecule has 0 aromatic heterocycles. The fourth-order valence-electron chi connectivity index (χ4n) is 1.84. The molecular formula is C12H14ClNO3. The third-order valence-corrected chi connectivity index (χ3v) is 3.37. The molecule has 0 aliphatic carbocycles. The molecule has 0 radical (unpaired) electrons. The Morgan fingerprint density at radius 1 is 1.35 bits per heavy atom. The number of carbonyl (C=O) groups excluding carboxylic acids is 1. The summed E-state index contributed by atoms with van der Waals surface area (Å²) in [6.45, 7) is 2.18. The normalized spacial score (nSPS) is 24.1. The van der Waals surface area contributed by atoms with Gasteiger partial charge in [-0.15, -0.1) is 0 Å². The monoisotopic (exact) mass is 255 g/mol. The predicted molar refractivity (Wildman–Crippen MR) is 64.1 cm³/mol. The first-order valence-corrected chi connectivity index (χ1v) is 5.78. The maximum absolute atomic E-state index is 12.0. The van der Waals surface area contributed by atoms with Crippen molar-refractivity contribution >= 4 is 17.5 Å². The van der Waals surface area contributed by atoms with Crippen LogP contribution in [-0.4, -0.2) is 46.3 Å². The van der Waals surface area contributed by atoms with Crippen molar-refractivity contribution in [3.05, 3.63) is 34.3 Å². The van der Waals surface area contributed by atoms with Gasteiger partial charge in [0.2, 0.25) is 0 Å². The van der Waals surface area contributed by atoms with Crippen molar-refractivity contribution < 1.29 is 15.0 Å². The number of β-amino-alcohol motifs (C(OH)–C–C–N with tert-alkyl or cyclic N) is 2. The SMILES string of the molecule is Cc1ccc(C(=O)N2C[C@@H](O)[C@@H](O)C2)cc1Cl. The van der Waals surface area contributed by atoms with Crippen molar-refractivity contribution in [1.82, 2.24) is 4.90 Å². The average Bonchev–Trinajstić information content (AvgIpc) is 2.62. The van der Waals surface area contributed by atoms with Gasteiger partial charge in [0.15, 0.2) is 0 Å². The fourth-order valence-corrected chi connectivity index (χ4v) is 2.02.